The molecule has 0 fully saturated rings. The second-order valence-corrected chi connectivity index (χ2v) is 4.01. The molecular formula is C14H14FN3. The van der Waals surface area contributed by atoms with E-state index in [1.54, 1.807) is 31.5 Å². The first kappa shape index (κ1) is 12.2. The lowest BCUT2D eigenvalue weighted by Gasteiger charge is -2.04. The van der Waals surface area contributed by atoms with Gasteiger partial charge in [0.05, 0.1) is 11.4 Å². The molecule has 0 saturated carbocycles. The molecule has 0 radical (unpaired) electrons. The highest BCUT2D eigenvalue weighted by atomic mass is 19.1. The lowest BCUT2D eigenvalue weighted by atomic mass is 10.2. The number of pyridine rings is 1. The Morgan fingerprint density at radius 3 is 2.83 bits per heavy atom. The Labute approximate surface area is 105 Å². The van der Waals surface area contributed by atoms with Crippen LogP contribution in [0.25, 0.3) is 0 Å². The van der Waals surface area contributed by atoms with Crippen LogP contribution in [0.1, 0.15) is 18.1 Å². The number of nitrogens with zero attached hydrogens (tertiary/aromatic N) is 2. The van der Waals surface area contributed by atoms with Crippen LogP contribution < -0.4 is 5.43 Å². The second-order valence-electron chi connectivity index (χ2n) is 4.01. The van der Waals surface area contributed by atoms with E-state index in [0.29, 0.717) is 11.3 Å². The van der Waals surface area contributed by atoms with Crippen LogP contribution in [0.3, 0.4) is 0 Å². The highest BCUT2D eigenvalue weighted by molar-refractivity contribution is 5.98. The van der Waals surface area contributed by atoms with Crippen molar-refractivity contribution in [1.29, 1.82) is 0 Å². The summed E-state index contributed by atoms with van der Waals surface area (Å²) in [4.78, 5) is 4.02. The maximum atomic E-state index is 13.3. The maximum absolute atomic E-state index is 13.3. The van der Waals surface area contributed by atoms with Gasteiger partial charge < -0.3 is 0 Å². The molecule has 3 nitrogen and oxygen atoms in total. The van der Waals surface area contributed by atoms with Gasteiger partial charge in [-0.15, -0.1) is 0 Å². The topological polar surface area (TPSA) is 37.3 Å². The summed E-state index contributed by atoms with van der Waals surface area (Å²) in [6.07, 6.45) is 3.44. The molecule has 2 rings (SSSR count). The van der Waals surface area contributed by atoms with Crippen LogP contribution in [0.5, 0.6) is 0 Å². The van der Waals surface area contributed by atoms with Gasteiger partial charge in [0.1, 0.15) is 5.82 Å². The zero-order chi connectivity index (χ0) is 13.0. The fraction of sp³-hybridized carbons (Fsp3) is 0.143. The monoisotopic (exact) mass is 243 g/mol. The van der Waals surface area contributed by atoms with E-state index < -0.39 is 0 Å². The largest absolute Gasteiger partial charge is 0.278 e. The van der Waals surface area contributed by atoms with Crippen LogP contribution in [-0.2, 0) is 0 Å². The van der Waals surface area contributed by atoms with Crippen molar-refractivity contribution in [3.63, 3.8) is 0 Å². The number of hydrogen-bond acceptors (Lipinski definition) is 3. The molecule has 2 aromatic rings. The van der Waals surface area contributed by atoms with Crippen LogP contribution in [0.15, 0.2) is 47.8 Å². The van der Waals surface area contributed by atoms with Gasteiger partial charge in [0, 0.05) is 18.0 Å². The highest BCUT2D eigenvalue weighted by Crippen LogP contribution is 2.13. The fourth-order valence-electron chi connectivity index (χ4n) is 1.45. The van der Waals surface area contributed by atoms with Gasteiger partial charge in [-0.05, 0) is 37.6 Å². The molecule has 1 heterocycles. The molecule has 0 atom stereocenters. The summed E-state index contributed by atoms with van der Waals surface area (Å²) >= 11 is 0. The van der Waals surface area contributed by atoms with Gasteiger partial charge in [-0.2, -0.15) is 5.10 Å². The van der Waals surface area contributed by atoms with Crippen molar-refractivity contribution in [2.24, 2.45) is 5.10 Å². The second kappa shape index (κ2) is 5.40. The van der Waals surface area contributed by atoms with Gasteiger partial charge in [0.25, 0.3) is 0 Å². The molecule has 4 heteroatoms. The molecule has 0 saturated heterocycles. The number of halogens is 1. The summed E-state index contributed by atoms with van der Waals surface area (Å²) in [5.74, 6) is -0.241. The van der Waals surface area contributed by atoms with E-state index in [4.69, 9.17) is 0 Å². The van der Waals surface area contributed by atoms with E-state index in [1.807, 2.05) is 19.1 Å². The van der Waals surface area contributed by atoms with Crippen LogP contribution >= 0.6 is 0 Å². The van der Waals surface area contributed by atoms with Crippen LogP contribution in [0.4, 0.5) is 10.1 Å². The first-order valence-electron chi connectivity index (χ1n) is 5.63. The number of hydrazone groups is 1. The molecule has 0 spiro atoms. The molecule has 0 unspecified atom stereocenters. The van der Waals surface area contributed by atoms with Gasteiger partial charge in [-0.3, -0.25) is 10.4 Å². The van der Waals surface area contributed by atoms with Crippen molar-refractivity contribution >= 4 is 11.4 Å². The number of rotatable bonds is 3. The maximum Gasteiger partial charge on any atom is 0.128 e. The minimum absolute atomic E-state index is 0.241. The molecule has 18 heavy (non-hydrogen) atoms. The molecule has 92 valence electrons. The minimum atomic E-state index is -0.241. The Bertz CT molecular complexity index is 565. The van der Waals surface area contributed by atoms with E-state index in [-0.39, 0.29) is 5.82 Å². The Kier molecular flexibility index (Phi) is 3.67. The summed E-state index contributed by atoms with van der Waals surface area (Å²) in [5, 5.41) is 4.20. The lowest BCUT2D eigenvalue weighted by molar-refractivity contribution is 0.619. The summed E-state index contributed by atoms with van der Waals surface area (Å²) in [5.41, 5.74) is 5.80. The molecule has 1 N–H and O–H groups in total. The number of nitrogens with one attached hydrogen (secondary N) is 1. The summed E-state index contributed by atoms with van der Waals surface area (Å²) in [6, 6.07) is 8.70. The van der Waals surface area contributed by atoms with E-state index >= 15 is 0 Å². The predicted molar refractivity (Wildman–Crippen MR) is 71.2 cm³/mol. The van der Waals surface area contributed by atoms with Crippen LogP contribution in [0, 0.1) is 12.7 Å². The summed E-state index contributed by atoms with van der Waals surface area (Å²) in [7, 11) is 0. The van der Waals surface area contributed by atoms with Crippen LogP contribution in [-0.4, -0.2) is 10.7 Å². The third-order valence-electron chi connectivity index (χ3n) is 2.60. The van der Waals surface area contributed by atoms with Crippen LogP contribution in [0.2, 0.25) is 0 Å². The van der Waals surface area contributed by atoms with Gasteiger partial charge in [-0.1, -0.05) is 12.1 Å². The molecule has 0 aliphatic rings. The van der Waals surface area contributed by atoms with Gasteiger partial charge >= 0.3 is 0 Å². The van der Waals surface area contributed by atoms with Gasteiger partial charge in [-0.25, -0.2) is 4.39 Å². The molecular weight excluding hydrogens is 229 g/mol. The number of benzene rings is 1. The number of hydrogen-bond donors (Lipinski definition) is 1. The zero-order valence-electron chi connectivity index (χ0n) is 10.3. The smallest absolute Gasteiger partial charge is 0.128 e. The Hall–Kier alpha value is -2.23. The van der Waals surface area contributed by atoms with Crippen molar-refractivity contribution in [3.8, 4) is 0 Å². The first-order chi connectivity index (χ1) is 8.66. The Morgan fingerprint density at radius 1 is 1.33 bits per heavy atom. The Balaban J connectivity index is 2.13. The summed E-state index contributed by atoms with van der Waals surface area (Å²) in [6.45, 7) is 3.60. The van der Waals surface area contributed by atoms with E-state index in [2.05, 4.69) is 15.5 Å². The quantitative estimate of drug-likeness (QED) is 0.663. The molecule has 1 aromatic heterocycles. The Morgan fingerprint density at radius 2 is 2.17 bits per heavy atom. The average Bonchev–Trinajstić information content (AvgIpc) is 2.41. The van der Waals surface area contributed by atoms with Gasteiger partial charge in [0.15, 0.2) is 0 Å². The molecule has 0 aliphatic heterocycles. The molecule has 0 bridgehead atoms. The van der Waals surface area contributed by atoms with Crippen molar-refractivity contribution in [1.82, 2.24) is 4.98 Å². The highest BCUT2D eigenvalue weighted by Gasteiger charge is 1.99. The SMILES string of the molecule is CC(=NNc1ccc(C)c(F)c1)c1cccnc1. The number of aromatic nitrogens is 1. The average molecular weight is 243 g/mol. The van der Waals surface area contributed by atoms with E-state index in [1.165, 1.54) is 6.07 Å². The number of aryl methyl sites for hydroxylation is 1. The predicted octanol–water partition coefficient (Wildman–Crippen LogP) is 3.37. The normalized spacial score (nSPS) is 11.4. The summed E-state index contributed by atoms with van der Waals surface area (Å²) < 4.78 is 13.3. The van der Waals surface area contributed by atoms with Crippen molar-refractivity contribution in [2.45, 2.75) is 13.8 Å². The molecule has 0 amide bonds. The number of anilines is 1. The van der Waals surface area contributed by atoms with E-state index in [9.17, 15) is 4.39 Å². The van der Waals surface area contributed by atoms with Gasteiger partial charge in [0.2, 0.25) is 0 Å². The van der Waals surface area contributed by atoms with E-state index in [0.717, 1.165) is 11.3 Å². The fourth-order valence-corrected chi connectivity index (χ4v) is 1.45. The standard InChI is InChI=1S/C14H14FN3/c1-10-5-6-13(8-14(10)15)18-17-11(2)12-4-3-7-16-9-12/h3-9,18H,1-2H3. The lowest BCUT2D eigenvalue weighted by Crippen LogP contribution is -2.00. The minimum Gasteiger partial charge on any atom is -0.278 e. The third kappa shape index (κ3) is 2.91. The van der Waals surface area contributed by atoms with Crippen molar-refractivity contribution in [2.75, 3.05) is 5.43 Å². The molecule has 0 aliphatic carbocycles. The van der Waals surface area contributed by atoms with Crippen molar-refractivity contribution < 1.29 is 4.39 Å². The van der Waals surface area contributed by atoms with Crippen molar-refractivity contribution in [3.05, 3.63) is 59.7 Å². The zero-order valence-corrected chi connectivity index (χ0v) is 10.3. The molecule has 1 aromatic carbocycles. The third-order valence-corrected chi connectivity index (χ3v) is 2.60. The first-order valence-corrected chi connectivity index (χ1v) is 5.63.